The molecule has 0 unspecified atom stereocenters. The summed E-state index contributed by atoms with van der Waals surface area (Å²) in [6.45, 7) is 2.88. The number of amides is 2. The van der Waals surface area contributed by atoms with Crippen molar-refractivity contribution in [3.63, 3.8) is 0 Å². The fourth-order valence-corrected chi connectivity index (χ4v) is 5.16. The first-order valence-corrected chi connectivity index (χ1v) is 13.6. The summed E-state index contributed by atoms with van der Waals surface area (Å²) in [4.78, 5) is 53.1. The van der Waals surface area contributed by atoms with E-state index in [2.05, 4.69) is 41.3 Å². The Morgan fingerprint density at radius 3 is 2.57 bits per heavy atom. The van der Waals surface area contributed by atoms with E-state index in [1.165, 1.54) is 23.6 Å². The van der Waals surface area contributed by atoms with E-state index in [0.717, 1.165) is 11.1 Å². The number of carbonyl (C=O) groups is 3. The first kappa shape index (κ1) is 30.8. The molecule has 13 heteroatoms. The molecule has 0 bridgehead atoms. The van der Waals surface area contributed by atoms with Crippen molar-refractivity contribution >= 4 is 50.2 Å². The molecule has 2 atom stereocenters. The van der Waals surface area contributed by atoms with Crippen LogP contribution in [0.2, 0.25) is 0 Å². The summed E-state index contributed by atoms with van der Waals surface area (Å²) in [5, 5.41) is 7.70. The molecule has 1 fully saturated rings. The summed E-state index contributed by atoms with van der Waals surface area (Å²) in [5.74, 6) is -0.423. The predicted octanol–water partition coefficient (Wildman–Crippen LogP) is 4.52. The van der Waals surface area contributed by atoms with Gasteiger partial charge in [-0.15, -0.1) is 0 Å². The zero-order valence-electron chi connectivity index (χ0n) is 22.6. The molecule has 11 nitrogen and oxygen atoms in total. The van der Waals surface area contributed by atoms with Crippen LogP contribution in [0.15, 0.2) is 47.3 Å². The van der Waals surface area contributed by atoms with Gasteiger partial charge in [-0.05, 0) is 46.6 Å². The van der Waals surface area contributed by atoms with Crippen LogP contribution in [0.3, 0.4) is 0 Å². The Morgan fingerprint density at radius 2 is 1.88 bits per heavy atom. The third-order valence-electron chi connectivity index (χ3n) is 6.84. The smallest absolute Gasteiger partial charge is 0.248 e. The van der Waals surface area contributed by atoms with Crippen molar-refractivity contribution in [3.05, 3.63) is 64.4 Å². The second-order valence-corrected chi connectivity index (χ2v) is 10.6. The number of rotatable bonds is 8. The quantitative estimate of drug-likeness (QED) is 0.220. The van der Waals surface area contributed by atoms with E-state index in [-0.39, 0.29) is 50.8 Å². The molecule has 0 aliphatic carbocycles. The maximum atomic E-state index is 14.6. The molecule has 0 saturated carbocycles. The van der Waals surface area contributed by atoms with Crippen LogP contribution < -0.4 is 5.32 Å². The summed E-state index contributed by atoms with van der Waals surface area (Å²) >= 11 is 3.29. The fraction of sp³-hybridized carbons (Fsp3) is 0.345. The molecule has 1 aliphatic heterocycles. The molecule has 2 amide bonds. The number of aryl methyl sites for hydroxylation is 1. The zero-order valence-corrected chi connectivity index (χ0v) is 24.2. The summed E-state index contributed by atoms with van der Waals surface area (Å²) in [5.41, 5.74) is 2.95. The predicted molar refractivity (Wildman–Crippen MR) is 159 cm³/mol. The minimum Gasteiger partial charge on any atom is -0.380 e. The second-order valence-electron chi connectivity index (χ2n) is 9.77. The van der Waals surface area contributed by atoms with Crippen molar-refractivity contribution < 1.29 is 23.5 Å². The maximum Gasteiger partial charge on any atom is 0.248 e. The van der Waals surface area contributed by atoms with E-state index >= 15 is 0 Å². The molecule has 4 aromatic rings. The summed E-state index contributed by atoms with van der Waals surface area (Å²) in [7, 11) is 1.52. The van der Waals surface area contributed by atoms with Crippen molar-refractivity contribution in [2.75, 3.05) is 19.0 Å². The minimum absolute atomic E-state index is 0. The van der Waals surface area contributed by atoms with Gasteiger partial charge >= 0.3 is 0 Å². The minimum atomic E-state index is -1.37. The van der Waals surface area contributed by atoms with Crippen LogP contribution in [-0.2, 0) is 27.5 Å². The van der Waals surface area contributed by atoms with E-state index < -0.39 is 24.0 Å². The van der Waals surface area contributed by atoms with Gasteiger partial charge < -0.3 is 15.0 Å². The van der Waals surface area contributed by atoms with Crippen LogP contribution in [0.1, 0.15) is 42.6 Å². The Balaban J connectivity index is 0.00000405. The third kappa shape index (κ3) is 6.36. The molecule has 5 rings (SSSR count). The lowest BCUT2D eigenvalue weighted by Gasteiger charge is -2.24. The van der Waals surface area contributed by atoms with E-state index in [4.69, 9.17) is 4.74 Å². The molecule has 0 spiro atoms. The highest BCUT2D eigenvalue weighted by Crippen LogP contribution is 2.28. The van der Waals surface area contributed by atoms with Gasteiger partial charge in [-0.2, -0.15) is 5.10 Å². The third-order valence-corrected chi connectivity index (χ3v) is 7.28. The highest BCUT2D eigenvalue weighted by molar-refractivity contribution is 9.10. The molecule has 1 aromatic carbocycles. The number of Topliss-reactive ketones (excluding diaryl/α,β-unsaturated/α-hetero) is 1. The number of likely N-dealkylation sites (tertiary alicyclic amines) is 1. The number of ketones is 1. The summed E-state index contributed by atoms with van der Waals surface area (Å²) < 4.78 is 21.7. The van der Waals surface area contributed by atoms with Crippen molar-refractivity contribution in [2.24, 2.45) is 0 Å². The Bertz CT molecular complexity index is 1640. The Morgan fingerprint density at radius 1 is 1.14 bits per heavy atom. The van der Waals surface area contributed by atoms with Gasteiger partial charge in [-0.3, -0.25) is 19.1 Å². The molecule has 0 radical (unpaired) electrons. The van der Waals surface area contributed by atoms with Crippen LogP contribution >= 0.6 is 15.9 Å². The molecule has 42 heavy (non-hydrogen) atoms. The monoisotopic (exact) mass is 639 g/mol. The number of aromatic nitrogens is 5. The maximum absolute atomic E-state index is 14.6. The topological polar surface area (TPSA) is 132 Å². The average molecular weight is 641 g/mol. The second kappa shape index (κ2) is 12.8. The molecule has 1 saturated heterocycles. The first-order chi connectivity index (χ1) is 19.6. The number of methoxy groups -OCH3 is 1. The van der Waals surface area contributed by atoms with E-state index in [1.54, 1.807) is 43.6 Å². The first-order valence-electron chi connectivity index (χ1n) is 12.8. The summed E-state index contributed by atoms with van der Waals surface area (Å²) in [6.07, 6.45) is 1.87. The molecule has 1 aliphatic rings. The molecular formula is C29H31BrFN7O4. The highest BCUT2D eigenvalue weighted by atomic mass is 79.9. The van der Waals surface area contributed by atoms with Crippen LogP contribution in [0, 0.1) is 6.92 Å². The fourth-order valence-electron chi connectivity index (χ4n) is 4.85. The average Bonchev–Trinajstić information content (AvgIpc) is 3.51. The van der Waals surface area contributed by atoms with Gasteiger partial charge in [-0.25, -0.2) is 19.3 Å². The number of carbonyl (C=O) groups excluding carboxylic acids is 3. The standard InChI is InChI=1S/C28H27BrFN7O4.CH4/c1-15(38)26-21-8-17(19-10-31-16(2)32-11-19)4-6-22(21)37(35-26)13-25(39)36-12-20(30)9-23(36)28(40)34-27-18(14-41-3)5-7-24(29)33-27;/h4-8,10-11,20,23H,9,12-14H2,1-3H3,(H,33,34,40);1H4/t20-,23+;/m1./s1. The van der Waals surface area contributed by atoms with Crippen LogP contribution in [0.4, 0.5) is 10.2 Å². The molecule has 1 N–H and O–H groups in total. The van der Waals surface area contributed by atoms with Crippen molar-refractivity contribution in [1.29, 1.82) is 0 Å². The molecule has 3 aromatic heterocycles. The van der Waals surface area contributed by atoms with Gasteiger partial charge in [-0.1, -0.05) is 19.6 Å². The van der Waals surface area contributed by atoms with Crippen LogP contribution in [-0.4, -0.2) is 73.1 Å². The van der Waals surface area contributed by atoms with Gasteiger partial charge in [0.05, 0.1) is 18.7 Å². The highest BCUT2D eigenvalue weighted by Gasteiger charge is 2.40. The van der Waals surface area contributed by atoms with Gasteiger partial charge in [0, 0.05) is 49.4 Å². The number of ether oxygens (including phenoxy) is 1. The normalized spacial score (nSPS) is 16.4. The Kier molecular flexibility index (Phi) is 9.42. The lowest BCUT2D eigenvalue weighted by Crippen LogP contribution is -2.44. The number of halogens is 2. The molecule has 220 valence electrons. The van der Waals surface area contributed by atoms with Gasteiger partial charge in [0.15, 0.2) is 5.78 Å². The number of benzene rings is 1. The Labute approximate surface area is 250 Å². The van der Waals surface area contributed by atoms with E-state index in [9.17, 15) is 18.8 Å². The number of fused-ring (bicyclic) bond motifs is 1. The summed E-state index contributed by atoms with van der Waals surface area (Å²) in [6, 6.07) is 7.82. The number of alkyl halides is 1. The number of hydrogen-bond donors (Lipinski definition) is 1. The lowest BCUT2D eigenvalue weighted by atomic mass is 10.0. The zero-order chi connectivity index (χ0) is 29.3. The van der Waals surface area contributed by atoms with Gasteiger partial charge in [0.2, 0.25) is 11.8 Å². The van der Waals surface area contributed by atoms with Gasteiger partial charge in [0.1, 0.15) is 40.7 Å². The number of nitrogens with zero attached hydrogens (tertiary/aromatic N) is 6. The number of hydrogen-bond acceptors (Lipinski definition) is 8. The SMILES string of the molecule is C.COCc1ccc(Br)nc1NC(=O)[C@@H]1C[C@@H](F)CN1C(=O)Cn1nc(C(C)=O)c2cc(-c3cnc(C)nc3)ccc21. The van der Waals surface area contributed by atoms with E-state index in [0.29, 0.717) is 26.9 Å². The van der Waals surface area contributed by atoms with Crippen molar-refractivity contribution in [1.82, 2.24) is 29.6 Å². The largest absolute Gasteiger partial charge is 0.380 e. The van der Waals surface area contributed by atoms with Crippen molar-refractivity contribution in [2.45, 2.75) is 53.1 Å². The number of anilines is 1. The van der Waals surface area contributed by atoms with Crippen LogP contribution in [0.5, 0.6) is 0 Å². The van der Waals surface area contributed by atoms with Crippen LogP contribution in [0.25, 0.3) is 22.0 Å². The number of nitrogens with one attached hydrogen (secondary N) is 1. The van der Waals surface area contributed by atoms with Crippen molar-refractivity contribution in [3.8, 4) is 11.1 Å². The number of pyridine rings is 1. The Hall–Kier alpha value is -4.10. The molecule has 4 heterocycles. The molecular weight excluding hydrogens is 609 g/mol. The van der Waals surface area contributed by atoms with E-state index in [1.807, 2.05) is 6.07 Å². The lowest BCUT2D eigenvalue weighted by molar-refractivity contribution is -0.137. The van der Waals surface area contributed by atoms with Gasteiger partial charge in [0.25, 0.3) is 0 Å².